The van der Waals surface area contributed by atoms with E-state index in [2.05, 4.69) is 4.98 Å². The van der Waals surface area contributed by atoms with Gasteiger partial charge in [0.15, 0.2) is 0 Å². The fourth-order valence-electron chi connectivity index (χ4n) is 0.572. The van der Waals surface area contributed by atoms with Crippen molar-refractivity contribution in [3.63, 3.8) is 0 Å². The second-order valence-corrected chi connectivity index (χ2v) is 3.75. The highest BCUT2D eigenvalue weighted by Crippen LogP contribution is 2.13. The van der Waals surface area contributed by atoms with Gasteiger partial charge in [-0.1, -0.05) is 0 Å². The van der Waals surface area contributed by atoms with Gasteiger partial charge in [-0.25, -0.2) is 0 Å². The number of thiazole rings is 1. The normalized spacial score (nSPS) is 10.8. The van der Waals surface area contributed by atoms with Crippen molar-refractivity contribution in [2.24, 2.45) is 0 Å². The Morgan fingerprint density at radius 1 is 1.83 bits per heavy atom. The smallest absolute Gasteiger partial charge is 0.232 e. The minimum Gasteiger partial charge on any atom is -0.281 e. The van der Waals surface area contributed by atoms with E-state index in [4.69, 9.17) is 5.26 Å². The van der Waals surface area contributed by atoms with Crippen LogP contribution in [0.5, 0.6) is 0 Å². The van der Waals surface area contributed by atoms with Crippen LogP contribution >= 0.6 is 33.9 Å². The number of nitrogens with zero attached hydrogens (tertiary/aromatic N) is 2. The van der Waals surface area contributed by atoms with Gasteiger partial charge in [-0.2, -0.15) is 5.26 Å². The van der Waals surface area contributed by atoms with Crippen LogP contribution in [0.1, 0.15) is 4.88 Å². The van der Waals surface area contributed by atoms with Crippen molar-refractivity contribution in [1.82, 2.24) is 4.98 Å². The zero-order valence-electron chi connectivity index (χ0n) is 5.82. The third-order valence-electron chi connectivity index (χ3n) is 1.07. The molecule has 0 saturated carbocycles. The molecular weight excluding hydrogens is 287 g/mol. The zero-order valence-corrected chi connectivity index (χ0v) is 8.79. The molecule has 3 nitrogen and oxygen atoms in total. The fraction of sp³-hybridized carbons (Fsp3) is 0. The maximum atomic E-state index is 10.8. The molecule has 0 fully saturated rings. The molecular formula is C7H3IN2OS. The highest BCUT2D eigenvalue weighted by molar-refractivity contribution is 14.1. The van der Waals surface area contributed by atoms with Crippen LogP contribution in [0.15, 0.2) is 17.3 Å². The molecule has 0 aliphatic rings. The molecule has 1 heterocycles. The second-order valence-electron chi connectivity index (χ2n) is 1.85. The molecule has 0 spiro atoms. The summed E-state index contributed by atoms with van der Waals surface area (Å²) in [5, 5.41) is 8.54. The predicted octanol–water partition coefficient (Wildman–Crippen LogP) is 2.01. The minimum absolute atomic E-state index is 0.153. The number of aromatic nitrogens is 1. The molecule has 0 aromatic carbocycles. The summed E-state index contributed by atoms with van der Waals surface area (Å²) in [6, 6.07) is 1.82. The Labute approximate surface area is 86.9 Å². The van der Waals surface area contributed by atoms with Crippen molar-refractivity contribution < 1.29 is 4.79 Å². The second kappa shape index (κ2) is 4.33. The van der Waals surface area contributed by atoms with Crippen LogP contribution in [0.4, 0.5) is 0 Å². The Balaban J connectivity index is 2.95. The molecule has 60 valence electrons. The molecule has 0 amide bonds. The van der Waals surface area contributed by atoms with E-state index in [0.29, 0.717) is 0 Å². The average Bonchev–Trinajstić information content (AvgIpc) is 2.51. The Morgan fingerprint density at radius 2 is 2.58 bits per heavy atom. The Hall–Kier alpha value is -0.740. The lowest BCUT2D eigenvalue weighted by molar-refractivity contribution is -0.106. The molecule has 1 rings (SSSR count). The summed E-state index contributed by atoms with van der Waals surface area (Å²) in [5.41, 5.74) is 1.80. The molecule has 0 saturated heterocycles. The molecule has 0 radical (unpaired) electrons. The van der Waals surface area contributed by atoms with Crippen LogP contribution in [0, 0.1) is 11.3 Å². The summed E-state index contributed by atoms with van der Waals surface area (Å²) in [5.74, 6) is 0. The van der Waals surface area contributed by atoms with Gasteiger partial charge < -0.3 is 0 Å². The first-order valence-corrected chi connectivity index (χ1v) is 4.90. The predicted molar refractivity (Wildman–Crippen MR) is 54.7 cm³/mol. The van der Waals surface area contributed by atoms with Gasteiger partial charge in [-0.3, -0.25) is 9.78 Å². The van der Waals surface area contributed by atoms with Crippen molar-refractivity contribution in [3.05, 3.63) is 22.2 Å². The maximum absolute atomic E-state index is 10.8. The summed E-state index contributed by atoms with van der Waals surface area (Å²) in [4.78, 5) is 15.4. The van der Waals surface area contributed by atoms with Gasteiger partial charge in [0.2, 0.25) is 3.79 Å². The lowest BCUT2D eigenvalue weighted by Crippen LogP contribution is -1.87. The van der Waals surface area contributed by atoms with E-state index in [0.717, 1.165) is 4.88 Å². The molecule has 5 heteroatoms. The van der Waals surface area contributed by atoms with Crippen molar-refractivity contribution >= 4 is 43.8 Å². The summed E-state index contributed by atoms with van der Waals surface area (Å²) in [6.45, 7) is 0. The first kappa shape index (κ1) is 9.35. The Kier molecular flexibility index (Phi) is 3.37. The van der Waals surface area contributed by atoms with E-state index < -0.39 is 0 Å². The average molecular weight is 290 g/mol. The van der Waals surface area contributed by atoms with Gasteiger partial charge >= 0.3 is 0 Å². The molecule has 0 unspecified atom stereocenters. The van der Waals surface area contributed by atoms with Crippen LogP contribution in [0.3, 0.4) is 0 Å². The van der Waals surface area contributed by atoms with Crippen LogP contribution in [-0.4, -0.2) is 8.77 Å². The van der Waals surface area contributed by atoms with Crippen LogP contribution in [0.25, 0.3) is 6.08 Å². The monoisotopic (exact) mass is 290 g/mol. The number of nitriles is 1. The standard InChI is InChI=1S/C7H3IN2OS/c8-7(11)5(2-9)1-6-3-10-4-12-6/h1,3-4H/b5-1+. The zero-order chi connectivity index (χ0) is 8.97. The quantitative estimate of drug-likeness (QED) is 0.362. The van der Waals surface area contributed by atoms with Crippen molar-refractivity contribution in [2.75, 3.05) is 0 Å². The number of allylic oxidation sites excluding steroid dienone is 1. The highest BCUT2D eigenvalue weighted by atomic mass is 127. The molecule has 0 aliphatic heterocycles. The third-order valence-corrected chi connectivity index (χ3v) is 2.37. The van der Waals surface area contributed by atoms with E-state index in [1.807, 2.05) is 6.07 Å². The summed E-state index contributed by atoms with van der Waals surface area (Å²) in [7, 11) is 0. The van der Waals surface area contributed by atoms with E-state index in [1.165, 1.54) is 17.4 Å². The molecule has 1 aromatic heterocycles. The molecule has 0 bridgehead atoms. The van der Waals surface area contributed by atoms with Gasteiger partial charge in [0, 0.05) is 33.7 Å². The number of halogens is 1. The number of hydrogen-bond acceptors (Lipinski definition) is 4. The Bertz CT molecular complexity index is 350. The summed E-state index contributed by atoms with van der Waals surface area (Å²) < 4.78 is -0.247. The van der Waals surface area contributed by atoms with E-state index in [1.54, 1.807) is 34.3 Å². The molecule has 0 N–H and O–H groups in total. The molecule has 1 aromatic rings. The number of carbonyl (C=O) groups is 1. The Morgan fingerprint density at radius 3 is 3.00 bits per heavy atom. The first-order chi connectivity index (χ1) is 5.74. The van der Waals surface area contributed by atoms with E-state index in [9.17, 15) is 4.79 Å². The maximum Gasteiger partial charge on any atom is 0.232 e. The van der Waals surface area contributed by atoms with Gasteiger partial charge in [0.1, 0.15) is 11.6 Å². The third kappa shape index (κ3) is 2.39. The van der Waals surface area contributed by atoms with Gasteiger partial charge in [0.05, 0.1) is 5.51 Å². The highest BCUT2D eigenvalue weighted by Gasteiger charge is 2.03. The van der Waals surface area contributed by atoms with E-state index in [-0.39, 0.29) is 9.36 Å². The van der Waals surface area contributed by atoms with Gasteiger partial charge in [-0.05, 0) is 6.08 Å². The van der Waals surface area contributed by atoms with Gasteiger partial charge in [0.25, 0.3) is 0 Å². The summed E-state index contributed by atoms with van der Waals surface area (Å²) in [6.07, 6.45) is 3.15. The van der Waals surface area contributed by atoms with Crippen molar-refractivity contribution in [1.29, 1.82) is 5.26 Å². The summed E-state index contributed by atoms with van der Waals surface area (Å²) >= 11 is 2.97. The molecule has 0 aliphatic carbocycles. The fourth-order valence-corrected chi connectivity index (χ4v) is 1.40. The SMILES string of the molecule is N#C/C(=C\c1cncs1)C(=O)I. The largest absolute Gasteiger partial charge is 0.281 e. The lowest BCUT2D eigenvalue weighted by atomic mass is 10.3. The number of rotatable bonds is 2. The lowest BCUT2D eigenvalue weighted by Gasteiger charge is -1.85. The number of carbonyl (C=O) groups excluding carboxylic acids is 1. The minimum atomic E-state index is -0.247. The van der Waals surface area contributed by atoms with E-state index >= 15 is 0 Å². The topological polar surface area (TPSA) is 53.8 Å². The van der Waals surface area contributed by atoms with Gasteiger partial charge in [-0.15, -0.1) is 11.3 Å². The number of hydrogen-bond donors (Lipinski definition) is 0. The van der Waals surface area contributed by atoms with Crippen molar-refractivity contribution in [3.8, 4) is 6.07 Å². The van der Waals surface area contributed by atoms with Crippen LogP contribution in [-0.2, 0) is 4.79 Å². The molecule has 0 atom stereocenters. The van der Waals surface area contributed by atoms with Crippen LogP contribution < -0.4 is 0 Å². The first-order valence-electron chi connectivity index (χ1n) is 2.94. The van der Waals surface area contributed by atoms with Crippen molar-refractivity contribution in [2.45, 2.75) is 0 Å². The molecule has 12 heavy (non-hydrogen) atoms. The van der Waals surface area contributed by atoms with Crippen LogP contribution in [0.2, 0.25) is 0 Å².